The summed E-state index contributed by atoms with van der Waals surface area (Å²) in [6.45, 7) is 1.67. The van der Waals surface area contributed by atoms with Crippen LogP contribution in [0.3, 0.4) is 0 Å². The Labute approximate surface area is 65.2 Å². The summed E-state index contributed by atoms with van der Waals surface area (Å²) < 4.78 is 4.98. The Morgan fingerprint density at radius 2 is 2.55 bits per heavy atom. The fraction of sp³-hybridized carbons (Fsp3) is 0.375. The molecule has 0 aliphatic carbocycles. The molecule has 11 heavy (non-hydrogen) atoms. The summed E-state index contributed by atoms with van der Waals surface area (Å²) in [6, 6.07) is 3.12. The lowest BCUT2D eigenvalue weighted by Crippen LogP contribution is -2.27. The minimum absolute atomic E-state index is 0.0000463. The molecule has 0 saturated heterocycles. The van der Waals surface area contributed by atoms with E-state index in [9.17, 15) is 4.79 Å². The third-order valence-corrected chi connectivity index (χ3v) is 1.44. The van der Waals surface area contributed by atoms with E-state index in [4.69, 9.17) is 10.2 Å². The summed E-state index contributed by atoms with van der Waals surface area (Å²) in [5.41, 5.74) is 5.36. The summed E-state index contributed by atoms with van der Waals surface area (Å²) in [5.74, 6) is 0.673. The van der Waals surface area contributed by atoms with Crippen molar-refractivity contribution >= 4 is 5.78 Å². The van der Waals surface area contributed by atoms with Gasteiger partial charge in [-0.3, -0.25) is 4.79 Å². The van der Waals surface area contributed by atoms with Crippen LogP contribution in [0, 0.1) is 0 Å². The molecule has 0 spiro atoms. The second kappa shape index (κ2) is 3.34. The Morgan fingerprint density at radius 1 is 1.82 bits per heavy atom. The molecule has 3 heteroatoms. The second-order valence-corrected chi connectivity index (χ2v) is 2.51. The maximum absolute atomic E-state index is 11.0. The van der Waals surface area contributed by atoms with E-state index in [1.54, 1.807) is 25.3 Å². The van der Waals surface area contributed by atoms with Crippen molar-refractivity contribution in [3.63, 3.8) is 0 Å². The number of furan rings is 1. The molecule has 3 nitrogen and oxygen atoms in total. The van der Waals surface area contributed by atoms with E-state index in [0.717, 1.165) is 0 Å². The molecule has 0 amide bonds. The molecule has 1 aromatic rings. The molecule has 0 radical (unpaired) electrons. The van der Waals surface area contributed by atoms with Crippen molar-refractivity contribution in [3.05, 3.63) is 24.2 Å². The van der Waals surface area contributed by atoms with Crippen LogP contribution >= 0.6 is 0 Å². The van der Waals surface area contributed by atoms with Gasteiger partial charge in [0.1, 0.15) is 5.76 Å². The third-order valence-electron chi connectivity index (χ3n) is 1.44. The molecule has 0 fully saturated rings. The SMILES string of the molecule is CC(N)C(=O)Cc1ccco1. The highest BCUT2D eigenvalue weighted by Crippen LogP contribution is 2.01. The molecule has 0 aromatic carbocycles. The molecule has 1 unspecified atom stereocenters. The van der Waals surface area contributed by atoms with Gasteiger partial charge in [0, 0.05) is 0 Å². The van der Waals surface area contributed by atoms with Gasteiger partial charge < -0.3 is 10.2 Å². The van der Waals surface area contributed by atoms with Crippen molar-refractivity contribution in [2.75, 3.05) is 0 Å². The van der Waals surface area contributed by atoms with E-state index in [1.807, 2.05) is 0 Å². The zero-order valence-electron chi connectivity index (χ0n) is 6.41. The Morgan fingerprint density at radius 3 is 3.00 bits per heavy atom. The van der Waals surface area contributed by atoms with Crippen LogP contribution in [0.5, 0.6) is 0 Å². The number of Topliss-reactive ketones (excluding diaryl/α,β-unsaturated/α-hetero) is 1. The number of carbonyl (C=O) groups excluding carboxylic acids is 1. The first-order valence-corrected chi connectivity index (χ1v) is 3.51. The topological polar surface area (TPSA) is 56.2 Å². The molecule has 1 atom stereocenters. The van der Waals surface area contributed by atoms with Crippen LogP contribution in [0.1, 0.15) is 12.7 Å². The molecular formula is C8H11NO2. The van der Waals surface area contributed by atoms with Crippen LogP contribution in [0.4, 0.5) is 0 Å². The molecule has 60 valence electrons. The third kappa shape index (κ3) is 2.20. The van der Waals surface area contributed by atoms with Gasteiger partial charge in [0.05, 0.1) is 18.7 Å². The minimum atomic E-state index is -0.403. The van der Waals surface area contributed by atoms with Gasteiger partial charge in [-0.25, -0.2) is 0 Å². The van der Waals surface area contributed by atoms with Gasteiger partial charge in [-0.05, 0) is 19.1 Å². The standard InChI is InChI=1S/C8H11NO2/c1-6(9)8(10)5-7-3-2-4-11-7/h2-4,6H,5,9H2,1H3. The van der Waals surface area contributed by atoms with Gasteiger partial charge in [0.2, 0.25) is 0 Å². The fourth-order valence-electron chi connectivity index (χ4n) is 0.746. The predicted octanol–water partition coefficient (Wildman–Crippen LogP) is 0.738. The van der Waals surface area contributed by atoms with Gasteiger partial charge in [-0.2, -0.15) is 0 Å². The molecular weight excluding hydrogens is 142 g/mol. The second-order valence-electron chi connectivity index (χ2n) is 2.51. The van der Waals surface area contributed by atoms with Crippen molar-refractivity contribution in [1.29, 1.82) is 0 Å². The number of nitrogens with two attached hydrogens (primary N) is 1. The maximum atomic E-state index is 11.0. The van der Waals surface area contributed by atoms with Crippen LogP contribution in [-0.2, 0) is 11.2 Å². The molecule has 1 heterocycles. The first kappa shape index (κ1) is 8.01. The summed E-state index contributed by atoms with van der Waals surface area (Å²) >= 11 is 0. The zero-order valence-corrected chi connectivity index (χ0v) is 6.41. The molecule has 0 bridgehead atoms. The Hall–Kier alpha value is -1.09. The lowest BCUT2D eigenvalue weighted by atomic mass is 10.1. The summed E-state index contributed by atoms with van der Waals surface area (Å²) in [6.07, 6.45) is 1.84. The van der Waals surface area contributed by atoms with Crippen LogP contribution in [-0.4, -0.2) is 11.8 Å². The van der Waals surface area contributed by atoms with Gasteiger partial charge in [0.25, 0.3) is 0 Å². The number of ketones is 1. The lowest BCUT2D eigenvalue weighted by molar-refractivity contribution is -0.119. The van der Waals surface area contributed by atoms with Crippen molar-refractivity contribution in [1.82, 2.24) is 0 Å². The number of rotatable bonds is 3. The van der Waals surface area contributed by atoms with Crippen LogP contribution in [0.15, 0.2) is 22.8 Å². The van der Waals surface area contributed by atoms with E-state index >= 15 is 0 Å². The van der Waals surface area contributed by atoms with E-state index in [1.165, 1.54) is 0 Å². The monoisotopic (exact) mass is 153 g/mol. The Balaban J connectivity index is 2.50. The maximum Gasteiger partial charge on any atom is 0.156 e. The highest BCUT2D eigenvalue weighted by molar-refractivity contribution is 5.84. The van der Waals surface area contributed by atoms with E-state index in [0.29, 0.717) is 12.2 Å². The van der Waals surface area contributed by atoms with Crippen LogP contribution < -0.4 is 5.73 Å². The molecule has 1 aromatic heterocycles. The Kier molecular flexibility index (Phi) is 2.44. The van der Waals surface area contributed by atoms with Crippen LogP contribution in [0.2, 0.25) is 0 Å². The molecule has 0 aliphatic heterocycles. The van der Waals surface area contributed by atoms with Gasteiger partial charge in [-0.1, -0.05) is 0 Å². The van der Waals surface area contributed by atoms with E-state index in [-0.39, 0.29) is 5.78 Å². The lowest BCUT2D eigenvalue weighted by Gasteiger charge is -2.00. The predicted molar refractivity (Wildman–Crippen MR) is 41.1 cm³/mol. The molecule has 1 rings (SSSR count). The number of hydrogen-bond acceptors (Lipinski definition) is 3. The fourth-order valence-corrected chi connectivity index (χ4v) is 0.746. The van der Waals surface area contributed by atoms with Gasteiger partial charge in [0.15, 0.2) is 5.78 Å². The van der Waals surface area contributed by atoms with Gasteiger partial charge in [-0.15, -0.1) is 0 Å². The summed E-state index contributed by atoms with van der Waals surface area (Å²) in [7, 11) is 0. The quantitative estimate of drug-likeness (QED) is 0.696. The van der Waals surface area contributed by atoms with Crippen molar-refractivity contribution < 1.29 is 9.21 Å². The minimum Gasteiger partial charge on any atom is -0.469 e. The van der Waals surface area contributed by atoms with Crippen molar-refractivity contribution in [3.8, 4) is 0 Å². The normalized spacial score (nSPS) is 12.9. The molecule has 0 aliphatic rings. The van der Waals surface area contributed by atoms with Gasteiger partial charge >= 0.3 is 0 Å². The Bertz CT molecular complexity index is 226. The molecule has 2 N–H and O–H groups in total. The first-order valence-electron chi connectivity index (χ1n) is 3.51. The highest BCUT2D eigenvalue weighted by atomic mass is 16.3. The average molecular weight is 153 g/mol. The van der Waals surface area contributed by atoms with E-state index in [2.05, 4.69) is 0 Å². The summed E-state index contributed by atoms with van der Waals surface area (Å²) in [5, 5.41) is 0. The largest absolute Gasteiger partial charge is 0.469 e. The smallest absolute Gasteiger partial charge is 0.156 e. The highest BCUT2D eigenvalue weighted by Gasteiger charge is 2.09. The van der Waals surface area contributed by atoms with Crippen molar-refractivity contribution in [2.45, 2.75) is 19.4 Å². The number of hydrogen-bond donors (Lipinski definition) is 1. The number of carbonyl (C=O) groups is 1. The first-order chi connectivity index (χ1) is 5.20. The molecule has 0 saturated carbocycles. The van der Waals surface area contributed by atoms with E-state index < -0.39 is 6.04 Å². The van der Waals surface area contributed by atoms with Crippen molar-refractivity contribution in [2.24, 2.45) is 5.73 Å². The summed E-state index contributed by atoms with van der Waals surface area (Å²) in [4.78, 5) is 11.0. The van der Waals surface area contributed by atoms with Crippen LogP contribution in [0.25, 0.3) is 0 Å². The zero-order chi connectivity index (χ0) is 8.27. The average Bonchev–Trinajstić information content (AvgIpc) is 2.39.